The number of hydrogen-bond donors (Lipinski definition) is 1. The first-order chi connectivity index (χ1) is 14.1. The van der Waals surface area contributed by atoms with E-state index in [1.54, 1.807) is 24.1 Å². The van der Waals surface area contributed by atoms with Crippen LogP contribution in [0.4, 0.5) is 10.1 Å². The fraction of sp³-hybridized carbons (Fsp3) is 0.273. The van der Waals surface area contributed by atoms with E-state index in [-0.39, 0.29) is 17.8 Å². The third-order valence-electron chi connectivity index (χ3n) is 5.13. The highest BCUT2D eigenvalue weighted by atomic mass is 19.1. The van der Waals surface area contributed by atoms with E-state index in [0.29, 0.717) is 29.9 Å². The van der Waals surface area contributed by atoms with E-state index >= 15 is 0 Å². The van der Waals surface area contributed by atoms with Crippen molar-refractivity contribution in [3.05, 3.63) is 66.1 Å². The molecule has 0 fully saturated rings. The number of aromatic nitrogens is 2. The second-order valence-electron chi connectivity index (χ2n) is 7.10. The van der Waals surface area contributed by atoms with E-state index in [4.69, 9.17) is 4.74 Å². The second kappa shape index (κ2) is 7.95. The van der Waals surface area contributed by atoms with Crippen LogP contribution in [0.2, 0.25) is 0 Å². The average molecular weight is 394 g/mol. The number of ether oxygens (including phenoxy) is 1. The lowest BCUT2D eigenvalue weighted by Crippen LogP contribution is -2.46. The van der Waals surface area contributed by atoms with Gasteiger partial charge in [-0.25, -0.2) is 4.39 Å². The highest BCUT2D eigenvalue weighted by Gasteiger charge is 2.28. The van der Waals surface area contributed by atoms with Gasteiger partial charge in [-0.05, 0) is 43.3 Å². The van der Waals surface area contributed by atoms with Crippen LogP contribution in [-0.2, 0) is 0 Å². The molecule has 1 aromatic heterocycles. The number of nitrogens with one attached hydrogen (secondary N) is 1. The Hall–Kier alpha value is -3.35. The Morgan fingerprint density at radius 2 is 2.03 bits per heavy atom. The van der Waals surface area contributed by atoms with Crippen molar-refractivity contribution in [1.82, 2.24) is 15.1 Å². The van der Waals surface area contributed by atoms with Crippen LogP contribution in [0.1, 0.15) is 17.3 Å². The quantitative estimate of drug-likeness (QED) is 0.719. The number of carbonyl (C=O) groups is 1. The maximum Gasteiger partial charge on any atom is 0.257 e. The Morgan fingerprint density at radius 3 is 2.79 bits per heavy atom. The number of rotatable bonds is 5. The lowest BCUT2D eigenvalue weighted by atomic mass is 10.1. The number of nitrogens with zero attached hydrogens (tertiary/aromatic N) is 3. The molecule has 29 heavy (non-hydrogen) atoms. The Morgan fingerprint density at radius 1 is 1.28 bits per heavy atom. The molecule has 0 unspecified atom stereocenters. The second-order valence-corrected chi connectivity index (χ2v) is 7.10. The summed E-state index contributed by atoms with van der Waals surface area (Å²) in [6, 6.07) is 13.9. The van der Waals surface area contributed by atoms with Gasteiger partial charge in [-0.3, -0.25) is 9.89 Å². The van der Waals surface area contributed by atoms with E-state index in [9.17, 15) is 9.18 Å². The van der Waals surface area contributed by atoms with Gasteiger partial charge in [0.15, 0.2) is 0 Å². The van der Waals surface area contributed by atoms with Crippen molar-refractivity contribution in [2.45, 2.75) is 13.0 Å². The maximum absolute atomic E-state index is 13.2. The zero-order valence-electron chi connectivity index (χ0n) is 16.4. The van der Waals surface area contributed by atoms with Crippen LogP contribution in [0.15, 0.2) is 54.7 Å². The lowest BCUT2D eigenvalue weighted by Gasteiger charge is -2.37. The molecule has 7 heteroatoms. The van der Waals surface area contributed by atoms with Crippen LogP contribution in [0.25, 0.3) is 11.3 Å². The number of hydrogen-bond acceptors (Lipinski definition) is 4. The largest absolute Gasteiger partial charge is 0.485 e. The summed E-state index contributed by atoms with van der Waals surface area (Å²) in [6.45, 7) is 4.12. The highest BCUT2D eigenvalue weighted by Crippen LogP contribution is 2.33. The normalized spacial score (nSPS) is 15.6. The zero-order chi connectivity index (χ0) is 20.4. The molecule has 1 atom stereocenters. The van der Waals surface area contributed by atoms with Crippen molar-refractivity contribution in [2.75, 3.05) is 31.6 Å². The maximum atomic E-state index is 13.2. The summed E-state index contributed by atoms with van der Waals surface area (Å²) in [5.74, 6) is 0.346. The summed E-state index contributed by atoms with van der Waals surface area (Å²) >= 11 is 0. The summed E-state index contributed by atoms with van der Waals surface area (Å²) in [5, 5.41) is 6.87. The van der Waals surface area contributed by atoms with Crippen molar-refractivity contribution in [1.29, 1.82) is 0 Å². The summed E-state index contributed by atoms with van der Waals surface area (Å²) in [7, 11) is 1.75. The van der Waals surface area contributed by atoms with E-state index in [1.165, 1.54) is 18.3 Å². The fourth-order valence-corrected chi connectivity index (χ4v) is 3.65. The Kier molecular flexibility index (Phi) is 5.20. The van der Waals surface area contributed by atoms with Crippen LogP contribution in [0, 0.1) is 5.82 Å². The minimum atomic E-state index is -0.325. The van der Waals surface area contributed by atoms with Crippen LogP contribution in [-0.4, -0.2) is 53.8 Å². The van der Waals surface area contributed by atoms with Crippen molar-refractivity contribution in [3.8, 4) is 17.0 Å². The Labute approximate surface area is 168 Å². The molecule has 0 bridgehead atoms. The van der Waals surface area contributed by atoms with E-state index in [2.05, 4.69) is 22.0 Å². The van der Waals surface area contributed by atoms with Gasteiger partial charge in [0.1, 0.15) is 17.7 Å². The molecule has 2 aromatic carbocycles. The van der Waals surface area contributed by atoms with Gasteiger partial charge < -0.3 is 14.5 Å². The Balaban J connectivity index is 1.50. The molecule has 4 rings (SSSR count). The van der Waals surface area contributed by atoms with Gasteiger partial charge in [-0.1, -0.05) is 12.1 Å². The topological polar surface area (TPSA) is 61.5 Å². The van der Waals surface area contributed by atoms with Crippen molar-refractivity contribution < 1.29 is 13.9 Å². The molecule has 1 aliphatic heterocycles. The SMILES string of the molecule is CCN1C[C@H](CN(C)C(=O)c2cn[nH]c2-c2ccc(F)cc2)Oc2ccccc21. The van der Waals surface area contributed by atoms with Crippen molar-refractivity contribution >= 4 is 11.6 Å². The molecule has 3 aromatic rings. The molecule has 0 spiro atoms. The third-order valence-corrected chi connectivity index (χ3v) is 5.13. The average Bonchev–Trinajstić information content (AvgIpc) is 3.22. The minimum Gasteiger partial charge on any atom is -0.485 e. The van der Waals surface area contributed by atoms with Gasteiger partial charge in [-0.2, -0.15) is 5.10 Å². The minimum absolute atomic E-state index is 0.139. The molecule has 1 N–H and O–H groups in total. The number of halogens is 1. The van der Waals surface area contributed by atoms with Crippen LogP contribution >= 0.6 is 0 Å². The van der Waals surface area contributed by atoms with Crippen LogP contribution < -0.4 is 9.64 Å². The predicted molar refractivity (Wildman–Crippen MR) is 110 cm³/mol. The van der Waals surface area contributed by atoms with Crippen molar-refractivity contribution in [3.63, 3.8) is 0 Å². The number of benzene rings is 2. The van der Waals surface area contributed by atoms with Crippen LogP contribution in [0.5, 0.6) is 5.75 Å². The van der Waals surface area contributed by atoms with Gasteiger partial charge in [0.25, 0.3) is 5.91 Å². The van der Waals surface area contributed by atoms with Gasteiger partial charge >= 0.3 is 0 Å². The van der Waals surface area contributed by atoms with Gasteiger partial charge in [0.2, 0.25) is 0 Å². The first kappa shape index (κ1) is 19.0. The molecule has 0 saturated heterocycles. The molecule has 150 valence electrons. The fourth-order valence-electron chi connectivity index (χ4n) is 3.65. The first-order valence-electron chi connectivity index (χ1n) is 9.62. The van der Waals surface area contributed by atoms with Gasteiger partial charge in [0, 0.05) is 19.2 Å². The van der Waals surface area contributed by atoms with Gasteiger partial charge in [-0.15, -0.1) is 0 Å². The van der Waals surface area contributed by atoms with E-state index in [1.807, 2.05) is 24.3 Å². The molecular weight excluding hydrogens is 371 g/mol. The van der Waals surface area contributed by atoms with Crippen molar-refractivity contribution in [2.24, 2.45) is 0 Å². The monoisotopic (exact) mass is 394 g/mol. The summed E-state index contributed by atoms with van der Waals surface area (Å²) in [4.78, 5) is 17.0. The number of carbonyl (C=O) groups excluding carboxylic acids is 1. The lowest BCUT2D eigenvalue weighted by molar-refractivity contribution is 0.0710. The predicted octanol–water partition coefficient (Wildman–Crippen LogP) is 3.58. The number of likely N-dealkylation sites (N-methyl/N-ethyl adjacent to an activating group) is 2. The molecule has 0 radical (unpaired) electrons. The summed E-state index contributed by atoms with van der Waals surface area (Å²) < 4.78 is 19.4. The summed E-state index contributed by atoms with van der Waals surface area (Å²) in [5.41, 5.74) is 2.81. The molecule has 1 aliphatic rings. The number of aromatic amines is 1. The highest BCUT2D eigenvalue weighted by molar-refractivity contribution is 5.99. The van der Waals surface area contributed by atoms with Crippen LogP contribution in [0.3, 0.4) is 0 Å². The number of anilines is 1. The third kappa shape index (κ3) is 3.81. The summed E-state index contributed by atoms with van der Waals surface area (Å²) in [6.07, 6.45) is 1.37. The van der Waals surface area contributed by atoms with E-state index < -0.39 is 0 Å². The molecule has 0 aliphatic carbocycles. The number of fused-ring (bicyclic) bond motifs is 1. The smallest absolute Gasteiger partial charge is 0.257 e. The Bertz CT molecular complexity index is 1000. The zero-order valence-corrected chi connectivity index (χ0v) is 16.4. The first-order valence-corrected chi connectivity index (χ1v) is 9.62. The number of amides is 1. The molecule has 2 heterocycles. The molecule has 6 nitrogen and oxygen atoms in total. The number of para-hydroxylation sites is 2. The van der Waals surface area contributed by atoms with E-state index in [0.717, 1.165) is 18.0 Å². The standard InChI is InChI=1S/C22H23FN4O2/c1-3-27-14-17(29-20-7-5-4-6-19(20)27)13-26(2)22(28)18-12-24-25-21(18)15-8-10-16(23)11-9-15/h4-12,17H,3,13-14H2,1-2H3,(H,24,25)/t17-/m0/s1. The van der Waals surface area contributed by atoms with Gasteiger partial charge in [0.05, 0.1) is 36.2 Å². The molecule has 1 amide bonds. The molecular formula is C22H23FN4O2. The molecule has 0 saturated carbocycles. The number of H-pyrrole nitrogens is 1.